The highest BCUT2D eigenvalue weighted by Crippen LogP contribution is 2.46. The van der Waals surface area contributed by atoms with Gasteiger partial charge in [0.25, 0.3) is 0 Å². The molecule has 0 saturated heterocycles. The number of aliphatic imine (C=N–C) groups is 1. The van der Waals surface area contributed by atoms with Gasteiger partial charge in [-0.1, -0.05) is 151 Å². The van der Waals surface area contributed by atoms with Crippen molar-refractivity contribution in [3.8, 4) is 22.3 Å². The van der Waals surface area contributed by atoms with Crippen molar-refractivity contribution in [1.82, 2.24) is 0 Å². The van der Waals surface area contributed by atoms with Crippen molar-refractivity contribution < 1.29 is 0 Å². The third kappa shape index (κ3) is 4.37. The van der Waals surface area contributed by atoms with E-state index in [0.29, 0.717) is 0 Å². The fraction of sp³-hybridized carbons (Fsp3) is 0.0714. The van der Waals surface area contributed by atoms with Crippen LogP contribution in [0.2, 0.25) is 0 Å². The number of hydrogen-bond acceptors (Lipinski definition) is 1. The van der Waals surface area contributed by atoms with Crippen LogP contribution in [0.3, 0.4) is 0 Å². The molecule has 7 aromatic rings. The number of benzene rings is 7. The summed E-state index contributed by atoms with van der Waals surface area (Å²) in [6, 6.07) is 50.8. The van der Waals surface area contributed by atoms with Crippen LogP contribution < -0.4 is 0 Å². The number of aryl methyl sites for hydroxylation is 1. The molecule has 0 atom stereocenters. The molecule has 7 aromatic carbocycles. The maximum atomic E-state index is 5.20. The van der Waals surface area contributed by atoms with Crippen LogP contribution in [0.4, 0.5) is 0 Å². The highest BCUT2D eigenvalue weighted by atomic mass is 14.8. The summed E-state index contributed by atoms with van der Waals surface area (Å²) in [4.78, 5) is 5.20. The van der Waals surface area contributed by atoms with Crippen LogP contribution in [0.1, 0.15) is 29.5 Å². The minimum absolute atomic E-state index is 0.967. The Balaban J connectivity index is 1.38. The lowest BCUT2D eigenvalue weighted by Crippen LogP contribution is -2.05. The molecular weight excluding hydrogens is 518 g/mol. The van der Waals surface area contributed by atoms with Crippen molar-refractivity contribution in [2.75, 3.05) is 0 Å². The van der Waals surface area contributed by atoms with E-state index in [2.05, 4.69) is 153 Å². The molecule has 0 amide bonds. The zero-order valence-corrected chi connectivity index (χ0v) is 24.2. The van der Waals surface area contributed by atoms with E-state index in [1.807, 2.05) is 0 Å². The summed E-state index contributed by atoms with van der Waals surface area (Å²) in [5.41, 5.74) is 11.0. The molecular formula is C42H31N. The van der Waals surface area contributed by atoms with Gasteiger partial charge >= 0.3 is 0 Å². The smallest absolute Gasteiger partial charge is 0.0672 e. The Kier molecular flexibility index (Phi) is 6.23. The maximum Gasteiger partial charge on any atom is 0.0672 e. The van der Waals surface area contributed by atoms with E-state index in [1.165, 1.54) is 71.3 Å². The number of hydrogen-bond donors (Lipinski definition) is 0. The van der Waals surface area contributed by atoms with Gasteiger partial charge in [0.05, 0.1) is 5.70 Å². The van der Waals surface area contributed by atoms with Gasteiger partial charge < -0.3 is 0 Å². The Labute approximate surface area is 252 Å². The first-order valence-corrected chi connectivity index (χ1v) is 15.1. The normalized spacial score (nSPS) is 13.3. The van der Waals surface area contributed by atoms with Gasteiger partial charge in [-0.2, -0.15) is 0 Å². The van der Waals surface area contributed by atoms with Crippen LogP contribution in [-0.2, 0) is 0 Å². The molecule has 0 aromatic heterocycles. The van der Waals surface area contributed by atoms with Gasteiger partial charge in [-0.15, -0.1) is 0 Å². The molecule has 0 spiro atoms. The summed E-state index contributed by atoms with van der Waals surface area (Å²) in [7, 11) is 0. The monoisotopic (exact) mass is 549 g/mol. The predicted molar refractivity (Wildman–Crippen MR) is 185 cm³/mol. The first-order valence-electron chi connectivity index (χ1n) is 15.1. The summed E-state index contributed by atoms with van der Waals surface area (Å²) in [5, 5.41) is 7.59. The van der Waals surface area contributed by atoms with E-state index in [0.717, 1.165) is 24.3 Å². The van der Waals surface area contributed by atoms with Gasteiger partial charge in [-0.25, -0.2) is 0 Å². The van der Waals surface area contributed by atoms with Crippen molar-refractivity contribution in [2.24, 2.45) is 4.99 Å². The Morgan fingerprint density at radius 2 is 0.953 bits per heavy atom. The van der Waals surface area contributed by atoms with E-state index in [-0.39, 0.29) is 0 Å². The number of nitrogens with zero attached hydrogens (tertiary/aromatic N) is 1. The van der Waals surface area contributed by atoms with Crippen LogP contribution in [-0.4, -0.2) is 5.71 Å². The Bertz CT molecular complexity index is 2160. The molecule has 8 rings (SSSR count). The lowest BCUT2D eigenvalue weighted by Gasteiger charge is -2.20. The van der Waals surface area contributed by atoms with Crippen LogP contribution >= 0.6 is 0 Å². The molecule has 1 heterocycles. The highest BCUT2D eigenvalue weighted by Gasteiger charge is 2.20. The Hall–Kier alpha value is -5.27. The average molecular weight is 550 g/mol. The second-order valence-corrected chi connectivity index (χ2v) is 11.5. The third-order valence-corrected chi connectivity index (χ3v) is 8.82. The first-order chi connectivity index (χ1) is 21.3. The molecule has 0 saturated carbocycles. The van der Waals surface area contributed by atoms with Crippen LogP contribution in [0, 0.1) is 6.92 Å². The number of rotatable bonds is 4. The molecule has 204 valence electrons. The summed E-state index contributed by atoms with van der Waals surface area (Å²) < 4.78 is 0. The molecule has 1 heteroatoms. The van der Waals surface area contributed by atoms with E-state index in [1.54, 1.807) is 0 Å². The lowest BCUT2D eigenvalue weighted by molar-refractivity contribution is 1.07. The molecule has 1 nitrogen and oxygen atoms in total. The zero-order chi connectivity index (χ0) is 28.8. The lowest BCUT2D eigenvalue weighted by atomic mass is 9.84. The summed E-state index contributed by atoms with van der Waals surface area (Å²) in [5.74, 6) is 0. The minimum Gasteiger partial charge on any atom is -0.253 e. The molecule has 1 aliphatic rings. The second-order valence-electron chi connectivity index (χ2n) is 11.5. The minimum atomic E-state index is 0.967. The summed E-state index contributed by atoms with van der Waals surface area (Å²) >= 11 is 0. The number of fused-ring (bicyclic) bond motifs is 3. The fourth-order valence-electron chi connectivity index (χ4n) is 6.79. The largest absolute Gasteiger partial charge is 0.253 e. The average Bonchev–Trinajstić information content (AvgIpc) is 3.08. The van der Waals surface area contributed by atoms with E-state index in [9.17, 15) is 0 Å². The SMILES string of the molecule is Cc1ccc(-c2c3ccccc3c(-c3ccc(C4=CCCC(c5ccccc5)=N4)c4ccccc34)c3ccccc23)cc1. The Morgan fingerprint density at radius 1 is 0.442 bits per heavy atom. The van der Waals surface area contributed by atoms with Crippen molar-refractivity contribution in [2.45, 2.75) is 19.8 Å². The molecule has 0 unspecified atom stereocenters. The Morgan fingerprint density at radius 3 is 1.58 bits per heavy atom. The fourth-order valence-corrected chi connectivity index (χ4v) is 6.79. The van der Waals surface area contributed by atoms with E-state index < -0.39 is 0 Å². The van der Waals surface area contributed by atoms with E-state index >= 15 is 0 Å². The van der Waals surface area contributed by atoms with Crippen molar-refractivity contribution >= 4 is 43.7 Å². The van der Waals surface area contributed by atoms with Gasteiger partial charge in [-0.05, 0) is 79.9 Å². The standard InChI is InChI=1S/C42H31N/c1-28-22-24-30(25-23-28)41-34-16-7-9-18-36(34)42(37-19-10-8-17-35(37)41)38-27-26-33(31-14-5-6-15-32(31)38)40-21-11-20-39(43-40)29-12-3-2-4-13-29/h2-10,12-19,21-27H,11,20H2,1H3. The van der Waals surface area contributed by atoms with Crippen molar-refractivity contribution in [3.05, 3.63) is 162 Å². The van der Waals surface area contributed by atoms with Gasteiger partial charge in [0, 0.05) is 11.3 Å². The molecule has 0 N–H and O–H groups in total. The highest BCUT2D eigenvalue weighted by molar-refractivity contribution is 6.24. The third-order valence-electron chi connectivity index (χ3n) is 8.82. The first kappa shape index (κ1) is 25.4. The van der Waals surface area contributed by atoms with Crippen LogP contribution in [0.5, 0.6) is 0 Å². The molecule has 1 aliphatic heterocycles. The summed E-state index contributed by atoms with van der Waals surface area (Å²) in [6.45, 7) is 2.15. The predicted octanol–water partition coefficient (Wildman–Crippen LogP) is 11.4. The van der Waals surface area contributed by atoms with E-state index in [4.69, 9.17) is 4.99 Å². The van der Waals surface area contributed by atoms with Crippen molar-refractivity contribution in [1.29, 1.82) is 0 Å². The molecule has 43 heavy (non-hydrogen) atoms. The molecule has 0 aliphatic carbocycles. The maximum absolute atomic E-state index is 5.20. The molecule has 0 bridgehead atoms. The zero-order valence-electron chi connectivity index (χ0n) is 24.2. The second kappa shape index (κ2) is 10.5. The van der Waals surface area contributed by atoms with Crippen LogP contribution in [0.15, 0.2) is 151 Å². The number of allylic oxidation sites excluding steroid dienone is 1. The van der Waals surface area contributed by atoms with Gasteiger partial charge in [0.2, 0.25) is 0 Å². The van der Waals surface area contributed by atoms with Gasteiger partial charge in [0.15, 0.2) is 0 Å². The van der Waals surface area contributed by atoms with Gasteiger partial charge in [-0.3, -0.25) is 4.99 Å². The quantitative estimate of drug-likeness (QED) is 0.194. The van der Waals surface area contributed by atoms with Crippen LogP contribution in [0.25, 0.3) is 60.3 Å². The van der Waals surface area contributed by atoms with Gasteiger partial charge in [0.1, 0.15) is 0 Å². The summed E-state index contributed by atoms with van der Waals surface area (Å²) in [6.07, 6.45) is 4.26. The topological polar surface area (TPSA) is 12.4 Å². The molecule has 0 radical (unpaired) electrons. The van der Waals surface area contributed by atoms with Crippen molar-refractivity contribution in [3.63, 3.8) is 0 Å². The molecule has 0 fully saturated rings.